The van der Waals surface area contributed by atoms with Crippen LogP contribution in [-0.4, -0.2) is 11.1 Å². The van der Waals surface area contributed by atoms with Gasteiger partial charge in [-0.15, -0.1) is 0 Å². The second-order valence-corrected chi connectivity index (χ2v) is 6.40. The van der Waals surface area contributed by atoms with Crippen LogP contribution in [0.15, 0.2) is 46.3 Å². The zero-order chi connectivity index (χ0) is 17.8. The molecule has 2 nitrogen and oxygen atoms in total. The van der Waals surface area contributed by atoms with Gasteiger partial charge in [-0.25, -0.2) is 4.79 Å². The monoisotopic (exact) mass is 322 g/mol. The van der Waals surface area contributed by atoms with E-state index in [1.54, 1.807) is 0 Å². The van der Waals surface area contributed by atoms with Crippen molar-refractivity contribution in [3.05, 3.63) is 46.3 Å². The van der Waals surface area contributed by atoms with E-state index in [0.717, 1.165) is 25.7 Å². The lowest BCUT2D eigenvalue weighted by Gasteiger charge is -2.02. The minimum Gasteiger partial charge on any atom is -0.476 e. The summed E-state index contributed by atoms with van der Waals surface area (Å²) in [5.41, 5.74) is 4.34. The maximum atomic E-state index is 13.1. The topological polar surface area (TPSA) is 37.3 Å². The van der Waals surface area contributed by atoms with Crippen molar-refractivity contribution < 1.29 is 14.3 Å². The van der Waals surface area contributed by atoms with Crippen LogP contribution in [0.4, 0.5) is 4.39 Å². The summed E-state index contributed by atoms with van der Waals surface area (Å²) in [5.74, 6) is -2.50. The van der Waals surface area contributed by atoms with E-state index in [1.165, 1.54) is 23.6 Å². The summed E-state index contributed by atoms with van der Waals surface area (Å²) in [6, 6.07) is 0. The van der Waals surface area contributed by atoms with Gasteiger partial charge in [-0.05, 0) is 78.7 Å². The van der Waals surface area contributed by atoms with Crippen molar-refractivity contribution in [2.24, 2.45) is 0 Å². The number of rotatable bonds is 10. The number of carboxylic acid groups (broad SMARTS) is 1. The van der Waals surface area contributed by atoms with Crippen molar-refractivity contribution in [3.8, 4) is 0 Å². The number of hydrogen-bond donors (Lipinski definition) is 1. The molecule has 0 spiro atoms. The second-order valence-electron chi connectivity index (χ2n) is 6.40. The van der Waals surface area contributed by atoms with Crippen LogP contribution < -0.4 is 0 Å². The first kappa shape index (κ1) is 21.4. The number of hydrogen-bond acceptors (Lipinski definition) is 1. The van der Waals surface area contributed by atoms with E-state index in [2.05, 4.69) is 45.9 Å². The minimum atomic E-state index is -1.48. The Hall–Kier alpha value is -1.64. The van der Waals surface area contributed by atoms with Crippen LogP contribution >= 0.6 is 0 Å². The molecule has 0 atom stereocenters. The Balaban J connectivity index is 4.15. The van der Waals surface area contributed by atoms with E-state index in [-0.39, 0.29) is 0 Å². The molecule has 23 heavy (non-hydrogen) atoms. The Morgan fingerprint density at radius 3 is 1.70 bits per heavy atom. The molecule has 0 aliphatic heterocycles. The fourth-order valence-electron chi connectivity index (χ4n) is 2.17. The number of carboxylic acids is 1. The Morgan fingerprint density at radius 2 is 1.26 bits per heavy atom. The quantitative estimate of drug-likeness (QED) is 0.367. The van der Waals surface area contributed by atoms with Gasteiger partial charge in [-0.3, -0.25) is 0 Å². The normalized spacial score (nSPS) is 13.7. The molecule has 0 heterocycles. The number of halogens is 1. The van der Waals surface area contributed by atoms with Crippen LogP contribution in [0.3, 0.4) is 0 Å². The predicted molar refractivity (Wildman–Crippen MR) is 96.1 cm³/mol. The molecule has 0 fully saturated rings. The van der Waals surface area contributed by atoms with Crippen LogP contribution in [0.2, 0.25) is 0 Å². The third-order valence-electron chi connectivity index (χ3n) is 3.70. The first-order valence-corrected chi connectivity index (χ1v) is 8.27. The number of allylic oxidation sites excluding steroid dienone is 7. The van der Waals surface area contributed by atoms with Crippen molar-refractivity contribution in [1.29, 1.82) is 0 Å². The van der Waals surface area contributed by atoms with Gasteiger partial charge in [0.2, 0.25) is 5.83 Å². The van der Waals surface area contributed by atoms with Gasteiger partial charge in [-0.1, -0.05) is 34.9 Å². The zero-order valence-corrected chi connectivity index (χ0v) is 15.2. The molecule has 0 saturated heterocycles. The van der Waals surface area contributed by atoms with Crippen molar-refractivity contribution in [1.82, 2.24) is 0 Å². The van der Waals surface area contributed by atoms with Gasteiger partial charge in [-0.2, -0.15) is 4.39 Å². The van der Waals surface area contributed by atoms with Gasteiger partial charge >= 0.3 is 5.97 Å². The highest BCUT2D eigenvalue weighted by Crippen LogP contribution is 2.15. The van der Waals surface area contributed by atoms with E-state index in [1.807, 2.05) is 0 Å². The molecule has 3 heteroatoms. The molecule has 0 bridgehead atoms. The number of carbonyl (C=O) groups is 1. The highest BCUT2D eigenvalue weighted by atomic mass is 19.1. The molecule has 0 aromatic carbocycles. The second kappa shape index (κ2) is 11.9. The summed E-state index contributed by atoms with van der Waals surface area (Å²) in [6.45, 7) is 10.0. The largest absolute Gasteiger partial charge is 0.476 e. The van der Waals surface area contributed by atoms with Crippen molar-refractivity contribution in [2.45, 2.75) is 73.1 Å². The average molecular weight is 322 g/mol. The predicted octanol–water partition coefficient (Wildman–Crippen LogP) is 6.51. The molecule has 0 amide bonds. The van der Waals surface area contributed by atoms with Crippen LogP contribution in [0.25, 0.3) is 0 Å². The van der Waals surface area contributed by atoms with Crippen molar-refractivity contribution in [3.63, 3.8) is 0 Å². The van der Waals surface area contributed by atoms with Gasteiger partial charge in [0, 0.05) is 0 Å². The maximum absolute atomic E-state index is 13.1. The van der Waals surface area contributed by atoms with Gasteiger partial charge in [0.25, 0.3) is 0 Å². The SMILES string of the molecule is CC(C)=CCC/C(C)=C/CC/C(C)=C/CC/C(C)=C(\F)C(=O)O. The smallest absolute Gasteiger partial charge is 0.364 e. The Bertz CT molecular complexity index is 504. The van der Waals surface area contributed by atoms with Gasteiger partial charge in [0.05, 0.1) is 0 Å². The fraction of sp³-hybridized carbons (Fsp3) is 0.550. The summed E-state index contributed by atoms with van der Waals surface area (Å²) in [6.07, 6.45) is 12.0. The van der Waals surface area contributed by atoms with E-state index >= 15 is 0 Å². The molecule has 0 unspecified atom stereocenters. The van der Waals surface area contributed by atoms with Gasteiger partial charge < -0.3 is 5.11 Å². The van der Waals surface area contributed by atoms with Crippen molar-refractivity contribution >= 4 is 5.97 Å². The highest BCUT2D eigenvalue weighted by molar-refractivity contribution is 5.84. The maximum Gasteiger partial charge on any atom is 0.364 e. The molecule has 130 valence electrons. The molecule has 0 aliphatic rings. The van der Waals surface area contributed by atoms with E-state index in [4.69, 9.17) is 5.11 Å². The molecule has 0 radical (unpaired) electrons. The average Bonchev–Trinajstić information content (AvgIpc) is 2.45. The minimum absolute atomic E-state index is 0.302. The van der Waals surface area contributed by atoms with E-state index < -0.39 is 11.8 Å². The molecular formula is C20H31FO2. The Labute approximate surface area is 140 Å². The molecule has 1 N–H and O–H groups in total. The summed E-state index contributed by atoms with van der Waals surface area (Å²) in [4.78, 5) is 10.5. The first-order valence-electron chi connectivity index (χ1n) is 8.27. The molecule has 0 aromatic heterocycles. The summed E-state index contributed by atoms with van der Waals surface area (Å²) < 4.78 is 13.1. The molecule has 0 rings (SSSR count). The third-order valence-corrected chi connectivity index (χ3v) is 3.70. The lowest BCUT2D eigenvalue weighted by molar-refractivity contribution is -0.134. The van der Waals surface area contributed by atoms with Crippen LogP contribution in [0, 0.1) is 0 Å². The Morgan fingerprint density at radius 1 is 0.826 bits per heavy atom. The van der Waals surface area contributed by atoms with E-state index in [9.17, 15) is 9.18 Å². The fourth-order valence-corrected chi connectivity index (χ4v) is 2.17. The Kier molecular flexibility index (Phi) is 11.0. The standard InChI is InChI=1S/C20H31FO2/c1-15(2)9-6-10-16(3)11-7-12-17(4)13-8-14-18(5)19(21)20(22)23/h9,11,13H,6-8,10,12,14H2,1-5H3,(H,22,23)/b16-11+,17-13+,19-18-. The molecule has 0 aliphatic carbocycles. The number of aliphatic carboxylic acids is 1. The summed E-state index contributed by atoms with van der Waals surface area (Å²) >= 11 is 0. The van der Waals surface area contributed by atoms with Crippen LogP contribution in [-0.2, 0) is 4.79 Å². The van der Waals surface area contributed by atoms with Crippen LogP contribution in [0.5, 0.6) is 0 Å². The summed E-state index contributed by atoms with van der Waals surface area (Å²) in [7, 11) is 0. The van der Waals surface area contributed by atoms with Gasteiger partial charge in [0.15, 0.2) is 0 Å². The third kappa shape index (κ3) is 11.6. The first-order chi connectivity index (χ1) is 10.7. The summed E-state index contributed by atoms with van der Waals surface area (Å²) in [5, 5.41) is 8.56. The molecule has 0 aromatic rings. The van der Waals surface area contributed by atoms with Crippen LogP contribution in [0.1, 0.15) is 73.1 Å². The molecular weight excluding hydrogens is 291 g/mol. The van der Waals surface area contributed by atoms with E-state index in [0.29, 0.717) is 18.4 Å². The highest BCUT2D eigenvalue weighted by Gasteiger charge is 2.09. The lowest BCUT2D eigenvalue weighted by Crippen LogP contribution is -1.98. The lowest BCUT2D eigenvalue weighted by atomic mass is 10.0. The van der Waals surface area contributed by atoms with Crippen molar-refractivity contribution in [2.75, 3.05) is 0 Å². The molecule has 0 saturated carbocycles. The van der Waals surface area contributed by atoms with Gasteiger partial charge in [0.1, 0.15) is 0 Å². The zero-order valence-electron chi connectivity index (χ0n) is 15.2.